The molecule has 9 N–H and O–H groups in total. The Balaban J connectivity index is 0.806. The third kappa shape index (κ3) is 13.1. The van der Waals surface area contributed by atoms with Crippen LogP contribution in [-0.4, -0.2) is 103 Å². The number of hydrogen-bond acceptors (Lipinski definition) is 11. The summed E-state index contributed by atoms with van der Waals surface area (Å²) in [6.07, 6.45) is 4.28. The van der Waals surface area contributed by atoms with Gasteiger partial charge in [-0.3, -0.25) is 62.5 Å². The molecule has 0 bridgehead atoms. The number of primary amides is 1. The molecule has 21 nitrogen and oxygen atoms in total. The van der Waals surface area contributed by atoms with Gasteiger partial charge in [-0.2, -0.15) is 8.78 Å². The number of benzene rings is 5. The normalized spacial score (nSPS) is 17.8. The Morgan fingerprint density at radius 2 is 1.44 bits per heavy atom. The second-order valence-electron chi connectivity index (χ2n) is 22.4. The molecule has 10 rings (SSSR count). The van der Waals surface area contributed by atoms with Crippen molar-refractivity contribution >= 4 is 83.0 Å². The summed E-state index contributed by atoms with van der Waals surface area (Å²) in [5.74, 6) is -5.40. The molecule has 0 radical (unpaired) electrons. The third-order valence-corrected chi connectivity index (χ3v) is 17.6. The molecule has 0 aliphatic carbocycles. The number of piperidine rings is 1. The van der Waals surface area contributed by atoms with Crippen molar-refractivity contribution in [2.45, 2.75) is 132 Å². The monoisotopic (exact) mass is 1210 g/mol. The van der Waals surface area contributed by atoms with E-state index in [4.69, 9.17) is 5.73 Å². The lowest BCUT2D eigenvalue weighted by molar-refractivity contribution is -0.137. The summed E-state index contributed by atoms with van der Waals surface area (Å²) in [5, 5.41) is 14.2. The van der Waals surface area contributed by atoms with Crippen molar-refractivity contribution in [1.82, 2.24) is 30.7 Å². The second kappa shape index (κ2) is 26.0. The number of nitrogens with two attached hydrogens (primary N) is 1. The van der Waals surface area contributed by atoms with Crippen molar-refractivity contribution in [3.05, 3.63) is 166 Å². The molecule has 4 atom stereocenters. The molecular weight excluding hydrogens is 1140 g/mol. The highest BCUT2D eigenvalue weighted by Gasteiger charge is 2.51. The molecule has 1 unspecified atom stereocenters. The molecule has 4 aliphatic heterocycles. The van der Waals surface area contributed by atoms with Gasteiger partial charge in [0.1, 0.15) is 29.9 Å². The first kappa shape index (κ1) is 61.2. The van der Waals surface area contributed by atoms with Crippen molar-refractivity contribution in [2.24, 2.45) is 5.73 Å². The lowest BCUT2D eigenvalue weighted by Crippen LogP contribution is -2.57. The lowest BCUT2D eigenvalue weighted by Gasteiger charge is -2.30. The Morgan fingerprint density at radius 1 is 0.759 bits per heavy atom. The van der Waals surface area contributed by atoms with E-state index >= 15 is 8.78 Å². The van der Waals surface area contributed by atoms with E-state index in [2.05, 4.69) is 26.6 Å². The topological polar surface area (TPSA) is 309 Å². The van der Waals surface area contributed by atoms with Crippen LogP contribution in [0.4, 0.5) is 20.2 Å². The zero-order chi connectivity index (χ0) is 61.7. The molecule has 5 aromatic carbocycles. The zero-order valence-electron chi connectivity index (χ0n) is 47.3. The number of imide groups is 1. The minimum absolute atomic E-state index is 0.00526. The highest BCUT2D eigenvalue weighted by atomic mass is 31.2. The fraction of sp³-hybridized carbons (Fsp3) is 0.349. The highest BCUT2D eigenvalue weighted by Crippen LogP contribution is 2.59. The fourth-order valence-corrected chi connectivity index (χ4v) is 12.6. The number of amides is 8. The predicted octanol–water partition coefficient (Wildman–Crippen LogP) is 6.77. The molecule has 8 amide bonds. The maximum Gasteiger partial charge on any atom is 0.399 e. The van der Waals surface area contributed by atoms with Gasteiger partial charge in [0, 0.05) is 66.5 Å². The molecule has 87 heavy (non-hydrogen) atoms. The van der Waals surface area contributed by atoms with Crippen molar-refractivity contribution in [3.8, 4) is 0 Å². The summed E-state index contributed by atoms with van der Waals surface area (Å²) < 4.78 is 43.3. The number of nitrogens with zero attached hydrogens (tertiary/aromatic N) is 3. The standard InChI is InChI=1S/C63H66F2N9O12P/c64-63(65,87(84,85)86)42-25-28-48-41(33-42)35-50(73(48)54(77)23-11-3-1-2-4-12-32-67-45-22-14-21-43-44(45)36-72(61(43)82)49-29-31-53(76)70-58(49)79)59(80)69-47-26-24-39-19-13-20-40-34-51(74(56(39)40)62(47)83)60(81)68-46(27-30-52(66)75)57(78)71-55(37-15-7-5-8-16-37)38-17-9-6-10-18-38/h5-10,13-22,25,28,33,35,46-47,49,51,55,67H,1-4,11-12,23-24,26-27,29-32,34,36H2,(H2,66,75)(H,68,81)(H,69,80)(H,71,78)(H,70,76,79)(H2,84,85,86)/t46-,47-,49?,51-/m0/s1. The number of carbonyl (C=O) groups excluding carboxylic acids is 9. The predicted molar refractivity (Wildman–Crippen MR) is 316 cm³/mol. The summed E-state index contributed by atoms with van der Waals surface area (Å²) >= 11 is 0. The van der Waals surface area contributed by atoms with Crippen LogP contribution in [0.2, 0.25) is 0 Å². The van der Waals surface area contributed by atoms with Crippen LogP contribution >= 0.6 is 7.60 Å². The molecular formula is C63H66F2N9O12P. The van der Waals surface area contributed by atoms with Gasteiger partial charge >= 0.3 is 13.3 Å². The van der Waals surface area contributed by atoms with E-state index in [-0.39, 0.29) is 86.3 Å². The van der Waals surface area contributed by atoms with Crippen molar-refractivity contribution < 1.29 is 66.3 Å². The Morgan fingerprint density at radius 3 is 2.13 bits per heavy atom. The number of nitrogens with one attached hydrogen (secondary N) is 5. The van der Waals surface area contributed by atoms with Crippen molar-refractivity contribution in [2.75, 3.05) is 16.8 Å². The van der Waals surface area contributed by atoms with E-state index < -0.39 is 90.4 Å². The lowest BCUT2D eigenvalue weighted by atomic mass is 9.98. The van der Waals surface area contributed by atoms with E-state index in [1.165, 1.54) is 9.80 Å². The molecule has 6 aromatic rings. The Labute approximate surface area is 498 Å². The summed E-state index contributed by atoms with van der Waals surface area (Å²) in [6.45, 7) is 0.828. The van der Waals surface area contributed by atoms with Crippen LogP contribution in [0.25, 0.3) is 10.9 Å². The number of unbranched alkanes of at least 4 members (excludes halogenated alkanes) is 5. The van der Waals surface area contributed by atoms with Gasteiger partial charge in [0.05, 0.1) is 17.2 Å². The smallest absolute Gasteiger partial charge is 0.385 e. The summed E-state index contributed by atoms with van der Waals surface area (Å²) in [6, 6.07) is 27.6. The number of anilines is 2. The SMILES string of the molecule is NC(=O)CC[C@H](NC(=O)[C@@H]1Cc2cccc3c2N1C(=O)[C@@H](NC(=O)c1cc2cc(C(F)(F)P(=O)(O)O)ccc2n1C(=O)CCCCCCCCNc1cccc2c1CN(C1CCC(=O)NC1=O)C2=O)CC3)C(=O)NC(c1ccccc1)c1ccccc1. The number of aryl methyl sites for hydroxylation is 1. The molecule has 0 saturated carbocycles. The molecule has 1 fully saturated rings. The highest BCUT2D eigenvalue weighted by molar-refractivity contribution is 7.52. The number of rotatable bonds is 24. The molecule has 4 aliphatic rings. The van der Waals surface area contributed by atoms with Gasteiger partial charge in [0.25, 0.3) is 11.8 Å². The summed E-state index contributed by atoms with van der Waals surface area (Å²) in [4.78, 5) is 145. The van der Waals surface area contributed by atoms with Crippen LogP contribution in [0.3, 0.4) is 0 Å². The Kier molecular flexibility index (Phi) is 18.3. The average Bonchev–Trinajstić information content (AvgIpc) is 1.77. The van der Waals surface area contributed by atoms with Crippen LogP contribution in [0.15, 0.2) is 121 Å². The number of para-hydroxylation sites is 1. The first-order chi connectivity index (χ1) is 41.7. The zero-order valence-corrected chi connectivity index (χ0v) is 48.2. The van der Waals surface area contributed by atoms with Gasteiger partial charge in [-0.15, -0.1) is 0 Å². The van der Waals surface area contributed by atoms with Crippen LogP contribution in [0.1, 0.15) is 142 Å². The maximum atomic E-state index is 15.1. The van der Waals surface area contributed by atoms with Crippen LogP contribution in [0, 0.1) is 0 Å². The molecule has 1 aromatic heterocycles. The molecule has 24 heteroatoms. The number of hydrogen-bond donors (Lipinski definition) is 8. The van der Waals surface area contributed by atoms with Gasteiger partial charge in [0.2, 0.25) is 41.4 Å². The van der Waals surface area contributed by atoms with Crippen LogP contribution in [-0.2, 0) is 58.4 Å². The number of alkyl halides is 2. The molecule has 1 saturated heterocycles. The minimum Gasteiger partial charge on any atom is -0.385 e. The number of fused-ring (bicyclic) bond motifs is 2. The van der Waals surface area contributed by atoms with Gasteiger partial charge in [-0.1, -0.05) is 117 Å². The first-order valence-corrected chi connectivity index (χ1v) is 30.7. The largest absolute Gasteiger partial charge is 0.399 e. The molecule has 0 spiro atoms. The summed E-state index contributed by atoms with van der Waals surface area (Å²) in [7, 11) is -6.03. The van der Waals surface area contributed by atoms with E-state index in [0.29, 0.717) is 41.8 Å². The van der Waals surface area contributed by atoms with Gasteiger partial charge in [-0.25, -0.2) is 0 Å². The van der Waals surface area contributed by atoms with Gasteiger partial charge < -0.3 is 41.7 Å². The minimum atomic E-state index is -6.03. The maximum absolute atomic E-state index is 15.1. The quantitative estimate of drug-likeness (QED) is 0.0176. The Hall–Kier alpha value is -8.92. The van der Waals surface area contributed by atoms with E-state index in [1.807, 2.05) is 66.7 Å². The van der Waals surface area contributed by atoms with E-state index in [0.717, 1.165) is 76.9 Å². The van der Waals surface area contributed by atoms with Crippen LogP contribution < -0.4 is 37.2 Å². The average molecular weight is 1210 g/mol. The first-order valence-electron chi connectivity index (χ1n) is 29.1. The van der Waals surface area contributed by atoms with E-state index in [9.17, 15) is 57.5 Å². The number of halogens is 2. The second-order valence-corrected chi connectivity index (χ2v) is 24.0. The summed E-state index contributed by atoms with van der Waals surface area (Å²) in [5.41, 5.74) is 4.90. The van der Waals surface area contributed by atoms with Crippen LogP contribution in [0.5, 0.6) is 0 Å². The van der Waals surface area contributed by atoms with Gasteiger partial charge in [0.15, 0.2) is 0 Å². The number of carbonyl (C=O) groups is 9. The molecule has 454 valence electrons. The Bertz CT molecular complexity index is 3710. The third-order valence-electron chi connectivity index (χ3n) is 16.6. The van der Waals surface area contributed by atoms with Crippen molar-refractivity contribution in [3.63, 3.8) is 0 Å². The fourth-order valence-electron chi connectivity index (χ4n) is 12.1. The van der Waals surface area contributed by atoms with E-state index in [1.54, 1.807) is 30.3 Å². The van der Waals surface area contributed by atoms with Crippen molar-refractivity contribution in [1.29, 1.82) is 0 Å². The number of aromatic nitrogens is 1. The molecule has 5 heterocycles. The van der Waals surface area contributed by atoms with Gasteiger partial charge in [-0.05, 0) is 91.1 Å².